The number of hydrogen-bond acceptors (Lipinski definition) is 4. The van der Waals surface area contributed by atoms with Crippen molar-refractivity contribution in [3.63, 3.8) is 0 Å². The van der Waals surface area contributed by atoms with Gasteiger partial charge < -0.3 is 14.6 Å². The lowest BCUT2D eigenvalue weighted by molar-refractivity contribution is -0.408. The smallest absolute Gasteiger partial charge is 0.449 e. The van der Waals surface area contributed by atoms with E-state index >= 15 is 0 Å². The number of esters is 1. The molecule has 0 spiro atoms. The summed E-state index contributed by atoms with van der Waals surface area (Å²) in [4.78, 5) is 11.8. The van der Waals surface area contributed by atoms with Crippen molar-refractivity contribution in [1.82, 2.24) is 0 Å². The quantitative estimate of drug-likeness (QED) is 0.312. The van der Waals surface area contributed by atoms with Crippen molar-refractivity contribution in [3.8, 4) is 0 Å². The van der Waals surface area contributed by atoms with Gasteiger partial charge in [-0.1, -0.05) is 29.5 Å². The lowest BCUT2D eigenvalue weighted by Crippen LogP contribution is -2.61. The molecule has 0 radical (unpaired) electrons. The van der Waals surface area contributed by atoms with Crippen LogP contribution >= 0.6 is 22.6 Å². The Morgan fingerprint density at radius 3 is 2.27 bits per heavy atom. The third-order valence-corrected chi connectivity index (χ3v) is 4.98. The molecular weight excluding hydrogens is 430 g/mol. The molecule has 0 aliphatic carbocycles. The van der Waals surface area contributed by atoms with E-state index < -0.39 is 45.9 Å². The van der Waals surface area contributed by atoms with E-state index in [1.165, 1.54) is 6.92 Å². The largest absolute Gasteiger partial charge is 0.464 e. The van der Waals surface area contributed by atoms with Crippen molar-refractivity contribution >= 4 is 28.6 Å². The van der Waals surface area contributed by atoms with E-state index in [-0.39, 0.29) is 0 Å². The van der Waals surface area contributed by atoms with Crippen LogP contribution in [0.5, 0.6) is 0 Å². The Kier molecular flexibility index (Phi) is 5.13. The Hall–Kier alpha value is -0.230. The molecule has 22 heavy (non-hydrogen) atoms. The molecule has 3 atom stereocenters. The van der Waals surface area contributed by atoms with Crippen molar-refractivity contribution in [3.05, 3.63) is 0 Å². The molecule has 1 N–H and O–H groups in total. The molecule has 0 bridgehead atoms. The molecule has 0 amide bonds. The highest BCUT2D eigenvalue weighted by Gasteiger charge is 2.81. The summed E-state index contributed by atoms with van der Waals surface area (Å²) in [7, 11) is 0. The summed E-state index contributed by atoms with van der Waals surface area (Å²) in [6, 6.07) is 0. The Balaban J connectivity index is 2.95. The zero-order valence-electron chi connectivity index (χ0n) is 12.1. The average molecular weight is 446 g/mol. The molecule has 1 rings (SSSR count). The number of rotatable bonds is 4. The summed E-state index contributed by atoms with van der Waals surface area (Å²) in [6.45, 7) is 1.84. The van der Waals surface area contributed by atoms with E-state index in [9.17, 15) is 31.9 Å². The predicted molar refractivity (Wildman–Crippen MR) is 73.7 cm³/mol. The Morgan fingerprint density at radius 1 is 1.41 bits per heavy atom. The lowest BCUT2D eigenvalue weighted by Gasteiger charge is -2.36. The fourth-order valence-electron chi connectivity index (χ4n) is 1.77. The van der Waals surface area contributed by atoms with Crippen molar-refractivity contribution in [2.24, 2.45) is 5.41 Å². The summed E-state index contributed by atoms with van der Waals surface area (Å²) in [5.41, 5.74) is -2.49. The van der Waals surface area contributed by atoms with Crippen molar-refractivity contribution in [2.45, 2.75) is 48.5 Å². The maximum absolute atomic E-state index is 14.1. The maximum atomic E-state index is 14.1. The summed E-state index contributed by atoms with van der Waals surface area (Å²) >= 11 is 1.76. The number of hydrogen-bond donors (Lipinski definition) is 1. The van der Waals surface area contributed by atoms with Crippen LogP contribution in [0, 0.1) is 5.41 Å². The number of carbonyl (C=O) groups excluding carboxylic acids is 1. The van der Waals surface area contributed by atoms with Crippen molar-refractivity contribution < 1.29 is 41.3 Å². The molecule has 1 heterocycles. The van der Waals surface area contributed by atoms with Gasteiger partial charge >= 0.3 is 23.9 Å². The van der Waals surface area contributed by atoms with Gasteiger partial charge in [0.25, 0.3) is 0 Å². The zero-order chi connectivity index (χ0) is 17.6. The van der Waals surface area contributed by atoms with Crippen LogP contribution in [0.25, 0.3) is 0 Å². The van der Waals surface area contributed by atoms with Crippen LogP contribution in [0.2, 0.25) is 0 Å². The van der Waals surface area contributed by atoms with Crippen LogP contribution in [0.4, 0.5) is 22.0 Å². The SMILES string of the molecule is CCC(C)(I)C(=O)OCC1(C)COC(O)(C(F)(F)F)C1(F)F. The van der Waals surface area contributed by atoms with E-state index in [0.29, 0.717) is 6.42 Å². The third-order valence-electron chi connectivity index (χ3n) is 3.78. The van der Waals surface area contributed by atoms with Crippen LogP contribution < -0.4 is 0 Å². The van der Waals surface area contributed by atoms with Crippen LogP contribution in [0.1, 0.15) is 27.2 Å². The molecule has 1 saturated heterocycles. The Labute approximate surface area is 137 Å². The molecule has 3 unspecified atom stereocenters. The molecule has 4 nitrogen and oxygen atoms in total. The highest BCUT2D eigenvalue weighted by atomic mass is 127. The lowest BCUT2D eigenvalue weighted by atomic mass is 9.83. The van der Waals surface area contributed by atoms with Gasteiger partial charge in [0.05, 0.1) is 12.0 Å². The van der Waals surface area contributed by atoms with Gasteiger partial charge in [-0.3, -0.25) is 4.79 Å². The molecule has 1 fully saturated rings. The molecule has 1 aliphatic heterocycles. The number of aliphatic hydroxyl groups is 1. The molecule has 130 valence electrons. The first kappa shape index (κ1) is 19.8. The van der Waals surface area contributed by atoms with Crippen molar-refractivity contribution in [1.29, 1.82) is 0 Å². The minimum absolute atomic E-state index is 0.350. The van der Waals surface area contributed by atoms with Gasteiger partial charge in [-0.25, -0.2) is 0 Å². The third kappa shape index (κ3) is 2.93. The molecule has 0 aromatic heterocycles. The fourth-order valence-corrected chi connectivity index (χ4v) is 1.92. The predicted octanol–water partition coefficient (Wildman–Crippen LogP) is 3.06. The Morgan fingerprint density at radius 2 is 1.91 bits per heavy atom. The van der Waals surface area contributed by atoms with Gasteiger partial charge in [-0.15, -0.1) is 0 Å². The summed E-state index contributed by atoms with van der Waals surface area (Å²) in [5, 5.41) is 9.22. The Bertz CT molecular complexity index is 453. The first-order chi connectivity index (χ1) is 9.65. The summed E-state index contributed by atoms with van der Waals surface area (Å²) < 4.78 is 73.9. The zero-order valence-corrected chi connectivity index (χ0v) is 14.2. The minimum Gasteiger partial charge on any atom is -0.464 e. The minimum atomic E-state index is -5.68. The fraction of sp³-hybridized carbons (Fsp3) is 0.917. The first-order valence-electron chi connectivity index (χ1n) is 6.31. The molecule has 0 aromatic carbocycles. The second-order valence-corrected chi connectivity index (χ2v) is 8.07. The first-order valence-corrected chi connectivity index (χ1v) is 7.39. The summed E-state index contributed by atoms with van der Waals surface area (Å²) in [5.74, 6) is -10.1. The second kappa shape index (κ2) is 5.69. The maximum Gasteiger partial charge on any atom is 0.449 e. The summed E-state index contributed by atoms with van der Waals surface area (Å²) in [6.07, 6.45) is -5.33. The van der Waals surface area contributed by atoms with Gasteiger partial charge in [0, 0.05) is 0 Å². The number of ether oxygens (including phenoxy) is 2. The normalized spacial score (nSPS) is 34.3. The highest BCUT2D eigenvalue weighted by Crippen LogP contribution is 2.57. The molecule has 10 heteroatoms. The van der Waals surface area contributed by atoms with E-state index in [0.717, 1.165) is 6.92 Å². The molecular formula is C12H16F5IO4. The molecule has 0 aromatic rings. The number of alkyl halides is 6. The van der Waals surface area contributed by atoms with Crippen LogP contribution in [-0.4, -0.2) is 45.6 Å². The second-order valence-electron chi connectivity index (χ2n) is 5.69. The van der Waals surface area contributed by atoms with Gasteiger partial charge in [0.2, 0.25) is 0 Å². The van der Waals surface area contributed by atoms with E-state index in [4.69, 9.17) is 4.74 Å². The van der Waals surface area contributed by atoms with E-state index in [2.05, 4.69) is 4.74 Å². The van der Waals surface area contributed by atoms with E-state index in [1.54, 1.807) is 29.5 Å². The van der Waals surface area contributed by atoms with Crippen LogP contribution in [0.15, 0.2) is 0 Å². The van der Waals surface area contributed by atoms with Gasteiger partial charge in [-0.2, -0.15) is 22.0 Å². The van der Waals surface area contributed by atoms with Gasteiger partial charge in [0.1, 0.15) is 10.0 Å². The van der Waals surface area contributed by atoms with E-state index in [1.807, 2.05) is 0 Å². The number of carbonyl (C=O) groups is 1. The molecule has 0 saturated carbocycles. The monoisotopic (exact) mass is 446 g/mol. The van der Waals surface area contributed by atoms with Gasteiger partial charge in [0.15, 0.2) is 0 Å². The van der Waals surface area contributed by atoms with Crippen LogP contribution in [0.3, 0.4) is 0 Å². The average Bonchev–Trinajstić information content (AvgIpc) is 2.57. The van der Waals surface area contributed by atoms with Gasteiger partial charge in [-0.05, 0) is 20.3 Å². The van der Waals surface area contributed by atoms with Crippen molar-refractivity contribution in [2.75, 3.05) is 13.2 Å². The number of halogens is 6. The highest BCUT2D eigenvalue weighted by molar-refractivity contribution is 14.1. The molecule has 1 aliphatic rings. The standard InChI is InChI=1S/C12H16F5IO4/c1-4-9(3,18)7(19)21-5-8(2)6-22-11(20,10(8,13)14)12(15,16)17/h20H,4-6H2,1-3H3. The van der Waals surface area contributed by atoms with Crippen LogP contribution in [-0.2, 0) is 14.3 Å². The topological polar surface area (TPSA) is 55.8 Å².